The van der Waals surface area contributed by atoms with Gasteiger partial charge in [0.2, 0.25) is 10.0 Å². The van der Waals surface area contributed by atoms with Gasteiger partial charge in [-0.2, -0.15) is 0 Å². The smallest absolute Gasteiger partial charge is 0.250 e. The van der Waals surface area contributed by atoms with E-state index in [2.05, 4.69) is 0 Å². The topological polar surface area (TPSA) is 77.8 Å². The highest BCUT2D eigenvalue weighted by Gasteiger charge is 2.18. The van der Waals surface area contributed by atoms with Crippen LogP contribution < -0.4 is 15.0 Å². The Hall–Kier alpha value is -2.32. The number of pyridine rings is 1. The largest absolute Gasteiger partial charge is 0.494 e. The summed E-state index contributed by atoms with van der Waals surface area (Å²) in [4.78, 5) is 12.0. The summed E-state index contributed by atoms with van der Waals surface area (Å²) in [5, 5.41) is 0. The SMILES string of the molecule is CCCOc1ccc(OCCn2cc(S(=O)(=O)N(C)C)ccc2=O)cc1. The molecule has 2 rings (SSSR count). The van der Waals surface area contributed by atoms with Crippen molar-refractivity contribution in [1.82, 2.24) is 8.87 Å². The van der Waals surface area contributed by atoms with Gasteiger partial charge in [-0.3, -0.25) is 4.79 Å². The van der Waals surface area contributed by atoms with E-state index in [1.54, 1.807) is 12.1 Å². The van der Waals surface area contributed by atoms with Crippen LogP contribution in [0.25, 0.3) is 0 Å². The minimum Gasteiger partial charge on any atom is -0.494 e. The van der Waals surface area contributed by atoms with Crippen molar-refractivity contribution >= 4 is 10.0 Å². The van der Waals surface area contributed by atoms with Gasteiger partial charge in [-0.05, 0) is 36.8 Å². The van der Waals surface area contributed by atoms with E-state index in [4.69, 9.17) is 9.47 Å². The monoisotopic (exact) mass is 380 g/mol. The van der Waals surface area contributed by atoms with Crippen LogP contribution in [0.2, 0.25) is 0 Å². The van der Waals surface area contributed by atoms with Crippen LogP contribution in [0, 0.1) is 0 Å². The van der Waals surface area contributed by atoms with Crippen LogP contribution in [0.5, 0.6) is 11.5 Å². The van der Waals surface area contributed by atoms with Crippen molar-refractivity contribution in [3.63, 3.8) is 0 Å². The van der Waals surface area contributed by atoms with Gasteiger partial charge in [0.1, 0.15) is 18.1 Å². The van der Waals surface area contributed by atoms with E-state index in [0.29, 0.717) is 12.4 Å². The second kappa shape index (κ2) is 8.86. The quantitative estimate of drug-likeness (QED) is 0.665. The van der Waals surface area contributed by atoms with Crippen molar-refractivity contribution in [2.75, 3.05) is 27.3 Å². The molecule has 0 N–H and O–H groups in total. The average molecular weight is 380 g/mol. The molecule has 26 heavy (non-hydrogen) atoms. The van der Waals surface area contributed by atoms with Crippen molar-refractivity contribution in [3.05, 3.63) is 52.9 Å². The number of ether oxygens (including phenoxy) is 2. The minimum absolute atomic E-state index is 0.0690. The van der Waals surface area contributed by atoms with Gasteiger partial charge in [-0.1, -0.05) is 6.92 Å². The molecule has 0 aliphatic carbocycles. The van der Waals surface area contributed by atoms with Gasteiger partial charge in [0.25, 0.3) is 5.56 Å². The first-order valence-electron chi connectivity index (χ1n) is 8.33. The summed E-state index contributed by atoms with van der Waals surface area (Å²) in [6, 6.07) is 9.78. The van der Waals surface area contributed by atoms with Crippen molar-refractivity contribution < 1.29 is 17.9 Å². The standard InChI is InChI=1S/C18H24N2O5S/c1-4-12-24-15-5-7-16(8-6-15)25-13-11-20-14-17(9-10-18(20)21)26(22,23)19(2)3/h5-10,14H,4,11-13H2,1-3H3. The van der Waals surface area contributed by atoms with Gasteiger partial charge in [0, 0.05) is 26.4 Å². The van der Waals surface area contributed by atoms with Crippen LogP contribution in [0.4, 0.5) is 0 Å². The highest BCUT2D eigenvalue weighted by Crippen LogP contribution is 2.17. The predicted molar refractivity (Wildman–Crippen MR) is 99.3 cm³/mol. The summed E-state index contributed by atoms with van der Waals surface area (Å²) in [5.41, 5.74) is -0.283. The first-order chi connectivity index (χ1) is 12.3. The van der Waals surface area contributed by atoms with Crippen LogP contribution in [0.3, 0.4) is 0 Å². The molecule has 1 aromatic carbocycles. The number of sulfonamides is 1. The Morgan fingerprint density at radius 1 is 0.962 bits per heavy atom. The molecule has 0 spiro atoms. The highest BCUT2D eigenvalue weighted by molar-refractivity contribution is 7.89. The number of hydrogen-bond donors (Lipinski definition) is 0. The molecule has 0 unspecified atom stereocenters. The summed E-state index contributed by atoms with van der Waals surface area (Å²) in [6.07, 6.45) is 2.28. The molecule has 0 radical (unpaired) electrons. The molecular weight excluding hydrogens is 356 g/mol. The molecule has 7 nitrogen and oxygen atoms in total. The van der Waals surface area contributed by atoms with Crippen molar-refractivity contribution in [2.24, 2.45) is 0 Å². The van der Waals surface area contributed by atoms with Crippen LogP contribution in [-0.4, -0.2) is 44.6 Å². The van der Waals surface area contributed by atoms with E-state index in [-0.39, 0.29) is 23.6 Å². The van der Waals surface area contributed by atoms with E-state index >= 15 is 0 Å². The first kappa shape index (κ1) is 20.0. The molecule has 0 amide bonds. The lowest BCUT2D eigenvalue weighted by Gasteiger charge is -2.13. The molecular formula is C18H24N2O5S. The van der Waals surface area contributed by atoms with Crippen molar-refractivity contribution in [3.8, 4) is 11.5 Å². The van der Waals surface area contributed by atoms with E-state index < -0.39 is 10.0 Å². The third-order valence-corrected chi connectivity index (χ3v) is 5.43. The lowest BCUT2D eigenvalue weighted by atomic mass is 10.3. The zero-order chi connectivity index (χ0) is 19.2. The fraction of sp³-hybridized carbons (Fsp3) is 0.389. The van der Waals surface area contributed by atoms with Crippen LogP contribution >= 0.6 is 0 Å². The number of hydrogen-bond acceptors (Lipinski definition) is 5. The normalized spacial score (nSPS) is 11.5. The first-order valence-corrected chi connectivity index (χ1v) is 9.77. The lowest BCUT2D eigenvalue weighted by Crippen LogP contribution is -2.27. The zero-order valence-electron chi connectivity index (χ0n) is 15.2. The maximum atomic E-state index is 12.2. The summed E-state index contributed by atoms with van der Waals surface area (Å²) in [7, 11) is -0.695. The second-order valence-electron chi connectivity index (χ2n) is 5.85. The summed E-state index contributed by atoms with van der Waals surface area (Å²) in [6.45, 7) is 3.18. The Balaban J connectivity index is 2.00. The Morgan fingerprint density at radius 2 is 1.54 bits per heavy atom. The number of rotatable bonds is 9. The van der Waals surface area contributed by atoms with Gasteiger partial charge in [-0.15, -0.1) is 0 Å². The zero-order valence-corrected chi connectivity index (χ0v) is 16.0. The van der Waals surface area contributed by atoms with Crippen molar-refractivity contribution in [1.29, 1.82) is 0 Å². The second-order valence-corrected chi connectivity index (χ2v) is 8.00. The number of aromatic nitrogens is 1. The summed E-state index contributed by atoms with van der Waals surface area (Å²) < 4.78 is 37.9. The molecule has 8 heteroatoms. The molecule has 0 bridgehead atoms. The molecule has 0 aliphatic rings. The summed E-state index contributed by atoms with van der Waals surface area (Å²) in [5.74, 6) is 1.43. The third-order valence-electron chi connectivity index (χ3n) is 3.63. The molecule has 0 aliphatic heterocycles. The fourth-order valence-electron chi connectivity index (χ4n) is 2.16. The highest BCUT2D eigenvalue weighted by atomic mass is 32.2. The summed E-state index contributed by atoms with van der Waals surface area (Å²) >= 11 is 0. The third kappa shape index (κ3) is 5.09. The van der Waals surface area contributed by atoms with Crippen LogP contribution in [-0.2, 0) is 16.6 Å². The minimum atomic E-state index is -3.59. The van der Waals surface area contributed by atoms with E-state index in [1.807, 2.05) is 19.1 Å². The van der Waals surface area contributed by atoms with Crippen molar-refractivity contribution in [2.45, 2.75) is 24.8 Å². The molecule has 2 aromatic rings. The Labute approximate surface area is 153 Å². The maximum absolute atomic E-state index is 12.2. The Bertz CT molecular complexity index is 873. The molecule has 0 atom stereocenters. The maximum Gasteiger partial charge on any atom is 0.250 e. The Morgan fingerprint density at radius 3 is 2.08 bits per heavy atom. The predicted octanol–water partition coefficient (Wildman–Crippen LogP) is 1.97. The number of nitrogens with zero attached hydrogens (tertiary/aromatic N) is 2. The molecule has 0 saturated heterocycles. The molecule has 0 saturated carbocycles. The van der Waals surface area contributed by atoms with Gasteiger partial charge < -0.3 is 14.0 Å². The molecule has 142 valence electrons. The van der Waals surface area contributed by atoms with Crippen LogP contribution in [0.15, 0.2) is 52.3 Å². The fourth-order valence-corrected chi connectivity index (χ4v) is 3.08. The van der Waals surface area contributed by atoms with E-state index in [1.165, 1.54) is 37.0 Å². The van der Waals surface area contributed by atoms with Crippen LogP contribution in [0.1, 0.15) is 13.3 Å². The van der Waals surface area contributed by atoms with Gasteiger partial charge in [0.15, 0.2) is 0 Å². The molecule has 1 aromatic heterocycles. The molecule has 1 heterocycles. The van der Waals surface area contributed by atoms with Gasteiger partial charge >= 0.3 is 0 Å². The molecule has 0 fully saturated rings. The van der Waals surface area contributed by atoms with E-state index in [0.717, 1.165) is 16.5 Å². The Kier molecular flexibility index (Phi) is 6.82. The van der Waals surface area contributed by atoms with Gasteiger partial charge in [0.05, 0.1) is 18.0 Å². The number of benzene rings is 1. The average Bonchev–Trinajstić information content (AvgIpc) is 2.62. The van der Waals surface area contributed by atoms with E-state index in [9.17, 15) is 13.2 Å². The lowest BCUT2D eigenvalue weighted by molar-refractivity contribution is 0.293. The van der Waals surface area contributed by atoms with Gasteiger partial charge in [-0.25, -0.2) is 12.7 Å².